The molecule has 1 aromatic rings. The van der Waals surface area contributed by atoms with Crippen molar-refractivity contribution in [3.63, 3.8) is 0 Å². The van der Waals surface area contributed by atoms with Gasteiger partial charge in [-0.3, -0.25) is 0 Å². The van der Waals surface area contributed by atoms with Gasteiger partial charge in [-0.15, -0.1) is 0 Å². The molecule has 1 saturated heterocycles. The largest absolute Gasteiger partial charge is 0.478 e. The van der Waals surface area contributed by atoms with Crippen molar-refractivity contribution in [2.24, 2.45) is 0 Å². The van der Waals surface area contributed by atoms with Crippen LogP contribution in [0.2, 0.25) is 0 Å². The number of piperidine rings is 1. The summed E-state index contributed by atoms with van der Waals surface area (Å²) in [6.07, 6.45) is 1.77. The molecule has 1 aromatic carbocycles. The molecule has 1 fully saturated rings. The number of carbonyl (C=O) groups is 1. The molecule has 0 amide bonds. The number of carboxylic acid groups (broad SMARTS) is 1. The molecule has 0 radical (unpaired) electrons. The van der Waals surface area contributed by atoms with E-state index in [-0.39, 0.29) is 22.1 Å². The fourth-order valence-electron chi connectivity index (χ4n) is 2.91. The van der Waals surface area contributed by atoms with Gasteiger partial charge in [0.05, 0.1) is 10.5 Å². The summed E-state index contributed by atoms with van der Waals surface area (Å²) in [6.45, 7) is 3.20. The van der Waals surface area contributed by atoms with Gasteiger partial charge < -0.3 is 10.0 Å². The van der Waals surface area contributed by atoms with Crippen LogP contribution in [0.3, 0.4) is 0 Å². The maximum absolute atomic E-state index is 12.8. The highest BCUT2D eigenvalue weighted by Gasteiger charge is 2.32. The molecule has 22 heavy (non-hydrogen) atoms. The molecular formula is C15H22N2O4S. The molecule has 0 unspecified atom stereocenters. The van der Waals surface area contributed by atoms with Crippen molar-refractivity contribution >= 4 is 16.0 Å². The lowest BCUT2D eigenvalue weighted by Gasteiger charge is -2.35. The average molecular weight is 326 g/mol. The molecule has 2 rings (SSSR count). The van der Waals surface area contributed by atoms with Gasteiger partial charge in [0, 0.05) is 19.6 Å². The predicted molar refractivity (Wildman–Crippen MR) is 83.6 cm³/mol. The van der Waals surface area contributed by atoms with Gasteiger partial charge in [0.2, 0.25) is 10.0 Å². The van der Waals surface area contributed by atoms with Crippen molar-refractivity contribution in [3.8, 4) is 0 Å². The quantitative estimate of drug-likeness (QED) is 0.905. The summed E-state index contributed by atoms with van der Waals surface area (Å²) >= 11 is 0. The summed E-state index contributed by atoms with van der Waals surface area (Å²) < 4.78 is 27.1. The molecule has 0 saturated carbocycles. The van der Waals surface area contributed by atoms with Gasteiger partial charge >= 0.3 is 5.97 Å². The second kappa shape index (κ2) is 6.36. The van der Waals surface area contributed by atoms with Gasteiger partial charge in [-0.05, 0) is 51.1 Å². The first-order valence-corrected chi connectivity index (χ1v) is 8.68. The summed E-state index contributed by atoms with van der Waals surface area (Å²) in [5.41, 5.74) is 0.307. The zero-order valence-corrected chi connectivity index (χ0v) is 13.9. The monoisotopic (exact) mass is 326 g/mol. The number of rotatable bonds is 4. The maximum atomic E-state index is 12.8. The topological polar surface area (TPSA) is 77.9 Å². The number of likely N-dealkylation sites (tertiary alicyclic amines) is 1. The minimum absolute atomic E-state index is 0.0234. The third-order valence-corrected chi connectivity index (χ3v) is 6.34. The Hall–Kier alpha value is -1.44. The van der Waals surface area contributed by atoms with Gasteiger partial charge in [0.15, 0.2) is 0 Å². The molecule has 1 atom stereocenters. The van der Waals surface area contributed by atoms with Crippen LogP contribution in [0, 0.1) is 6.92 Å². The Morgan fingerprint density at radius 3 is 2.68 bits per heavy atom. The van der Waals surface area contributed by atoms with Gasteiger partial charge in [-0.25, -0.2) is 13.2 Å². The third kappa shape index (κ3) is 3.16. The van der Waals surface area contributed by atoms with Crippen LogP contribution in [0.25, 0.3) is 0 Å². The summed E-state index contributed by atoms with van der Waals surface area (Å²) in [6, 6.07) is 4.28. The number of hydrogen-bond acceptors (Lipinski definition) is 4. The maximum Gasteiger partial charge on any atom is 0.335 e. The first-order valence-electron chi connectivity index (χ1n) is 7.24. The number of carboxylic acids is 1. The van der Waals surface area contributed by atoms with Crippen LogP contribution < -0.4 is 0 Å². The van der Waals surface area contributed by atoms with E-state index in [1.165, 1.54) is 29.4 Å². The molecule has 1 N–H and O–H groups in total. The number of nitrogens with zero attached hydrogens (tertiary/aromatic N) is 2. The Kier molecular flexibility index (Phi) is 4.89. The lowest BCUT2D eigenvalue weighted by molar-refractivity contribution is 0.0696. The lowest BCUT2D eigenvalue weighted by atomic mass is 10.1. The number of sulfonamides is 1. The third-order valence-electron chi connectivity index (χ3n) is 4.29. The molecular weight excluding hydrogens is 304 g/mol. The number of aromatic carboxylic acids is 1. The number of likely N-dealkylation sites (N-methyl/N-ethyl adjacent to an activating group) is 2. The number of hydrogen-bond donors (Lipinski definition) is 1. The van der Waals surface area contributed by atoms with Crippen molar-refractivity contribution in [2.75, 3.05) is 27.2 Å². The lowest BCUT2D eigenvalue weighted by Crippen LogP contribution is -2.47. The van der Waals surface area contributed by atoms with E-state index < -0.39 is 16.0 Å². The highest BCUT2D eigenvalue weighted by molar-refractivity contribution is 7.89. The molecule has 0 aromatic heterocycles. The van der Waals surface area contributed by atoms with Crippen LogP contribution >= 0.6 is 0 Å². The van der Waals surface area contributed by atoms with Crippen LogP contribution in [-0.2, 0) is 10.0 Å². The average Bonchev–Trinajstić information content (AvgIpc) is 2.46. The molecule has 0 bridgehead atoms. The van der Waals surface area contributed by atoms with Crippen molar-refractivity contribution in [3.05, 3.63) is 29.3 Å². The van der Waals surface area contributed by atoms with Crippen LogP contribution in [-0.4, -0.2) is 61.9 Å². The van der Waals surface area contributed by atoms with E-state index >= 15 is 0 Å². The second-order valence-corrected chi connectivity index (χ2v) is 7.78. The molecule has 0 spiro atoms. The van der Waals surface area contributed by atoms with Crippen LogP contribution in [0.4, 0.5) is 0 Å². The molecule has 0 aliphatic carbocycles. The Bertz CT molecular complexity index is 672. The van der Waals surface area contributed by atoms with Crippen molar-refractivity contribution < 1.29 is 18.3 Å². The van der Waals surface area contributed by atoms with E-state index in [0.717, 1.165) is 19.4 Å². The highest BCUT2D eigenvalue weighted by Crippen LogP contribution is 2.25. The fraction of sp³-hybridized carbons (Fsp3) is 0.533. The van der Waals surface area contributed by atoms with E-state index in [1.807, 2.05) is 7.05 Å². The van der Waals surface area contributed by atoms with E-state index in [0.29, 0.717) is 6.54 Å². The molecule has 1 aliphatic rings. The van der Waals surface area contributed by atoms with E-state index in [1.54, 1.807) is 7.05 Å². The van der Waals surface area contributed by atoms with Crippen molar-refractivity contribution in [2.45, 2.75) is 30.7 Å². The zero-order chi connectivity index (χ0) is 16.5. The van der Waals surface area contributed by atoms with Gasteiger partial charge in [-0.2, -0.15) is 4.31 Å². The SMILES string of the molecule is Cc1c(C(=O)O)cccc1S(=O)(=O)N(C)[C@@H]1CCCN(C)C1. The number of benzene rings is 1. The molecule has 122 valence electrons. The summed E-state index contributed by atoms with van der Waals surface area (Å²) in [5.74, 6) is -1.12. The molecule has 1 heterocycles. The Morgan fingerprint density at radius 2 is 2.09 bits per heavy atom. The molecule has 6 nitrogen and oxygen atoms in total. The van der Waals surface area contributed by atoms with Crippen LogP contribution in [0.15, 0.2) is 23.1 Å². The van der Waals surface area contributed by atoms with Crippen LogP contribution in [0.1, 0.15) is 28.8 Å². The second-order valence-electron chi connectivity index (χ2n) is 5.81. The molecule has 7 heteroatoms. The zero-order valence-electron chi connectivity index (χ0n) is 13.1. The minimum Gasteiger partial charge on any atom is -0.478 e. The summed E-state index contributed by atoms with van der Waals surface area (Å²) in [5, 5.41) is 9.16. The van der Waals surface area contributed by atoms with E-state index in [4.69, 9.17) is 5.11 Å². The normalized spacial score (nSPS) is 20.3. The van der Waals surface area contributed by atoms with Crippen molar-refractivity contribution in [1.82, 2.24) is 9.21 Å². The summed E-state index contributed by atoms with van der Waals surface area (Å²) in [4.78, 5) is 13.4. The van der Waals surface area contributed by atoms with E-state index in [9.17, 15) is 13.2 Å². The summed E-state index contributed by atoms with van der Waals surface area (Å²) in [7, 11) is -0.155. The molecule has 1 aliphatic heterocycles. The van der Waals surface area contributed by atoms with Crippen LogP contribution in [0.5, 0.6) is 0 Å². The van der Waals surface area contributed by atoms with Gasteiger partial charge in [0.25, 0.3) is 0 Å². The van der Waals surface area contributed by atoms with Crippen molar-refractivity contribution in [1.29, 1.82) is 0 Å². The fourth-order valence-corrected chi connectivity index (χ4v) is 4.54. The van der Waals surface area contributed by atoms with Gasteiger partial charge in [0.1, 0.15) is 0 Å². The van der Waals surface area contributed by atoms with Gasteiger partial charge in [-0.1, -0.05) is 6.07 Å². The Morgan fingerprint density at radius 1 is 1.41 bits per heavy atom. The predicted octanol–water partition coefficient (Wildman–Crippen LogP) is 1.41. The highest BCUT2D eigenvalue weighted by atomic mass is 32.2. The Balaban J connectivity index is 2.38. The first-order chi connectivity index (χ1) is 10.2. The first kappa shape index (κ1) is 16.9. The van der Waals surface area contributed by atoms with E-state index in [2.05, 4.69) is 4.90 Å². The smallest absolute Gasteiger partial charge is 0.335 e. The Labute approximate surface area is 131 Å². The standard InChI is InChI=1S/C15H22N2O4S/c1-11-13(15(18)19)7-4-8-14(11)22(20,21)17(3)12-6-5-9-16(2)10-12/h4,7-8,12H,5-6,9-10H2,1-3H3,(H,18,19)/t12-/m1/s1. The minimum atomic E-state index is -3.71.